The van der Waals surface area contributed by atoms with Crippen molar-refractivity contribution in [3.8, 4) is 0 Å². The van der Waals surface area contributed by atoms with Gasteiger partial charge in [-0.3, -0.25) is 4.79 Å². The summed E-state index contributed by atoms with van der Waals surface area (Å²) in [6, 6.07) is -1.19. The number of ether oxygens (including phenoxy) is 2. The molecule has 0 aromatic heterocycles. The number of aliphatic hydroxyl groups excluding tert-OH is 7. The van der Waals surface area contributed by atoms with E-state index >= 15 is 0 Å². The third kappa shape index (κ3) is 25.0. The minimum absolute atomic E-state index is 0.241. The van der Waals surface area contributed by atoms with E-state index in [1.54, 1.807) is 0 Å². The fourth-order valence-electron chi connectivity index (χ4n) is 6.88. The number of carbonyl (C=O) groups is 1. The fraction of sp³-hybridized carbons (Fsp3) is 0.844. The number of rotatable bonds is 36. The summed E-state index contributed by atoms with van der Waals surface area (Å²) in [4.78, 5) is 13.0. The summed E-state index contributed by atoms with van der Waals surface area (Å²) in [6.45, 7) is 3.37. The molecule has 1 heterocycles. The normalized spacial score (nSPS) is 22.6. The van der Waals surface area contributed by atoms with Gasteiger partial charge in [-0.15, -0.1) is 0 Å². The van der Waals surface area contributed by atoms with E-state index in [2.05, 4.69) is 55.6 Å². The Bertz CT molecular complexity index is 1010. The predicted molar refractivity (Wildman–Crippen MR) is 224 cm³/mol. The number of hydrogen-bond acceptors (Lipinski definition) is 10. The molecule has 1 aliphatic rings. The van der Waals surface area contributed by atoms with Gasteiger partial charge in [0.25, 0.3) is 0 Å². The second-order valence-corrected chi connectivity index (χ2v) is 15.7. The number of carbonyl (C=O) groups excluding carboxylic acids is 1. The summed E-state index contributed by atoms with van der Waals surface area (Å²) in [6.07, 6.45) is 27.6. The van der Waals surface area contributed by atoms with Crippen molar-refractivity contribution < 1.29 is 50.0 Å². The predicted octanol–water partition coefficient (Wildman–Crippen LogP) is 6.83. The standard InChI is InChI=1S/C45H83NO10/c1-3-5-7-9-11-13-15-17-18-19-20-21-23-24-26-28-30-32-37(48)40(50)36(35-55-45-43(53)42(52)41(51)39(34-47)56-45)46-44(54)38(49)33-31-29-27-25-22-16-14-12-10-8-6-4-2/h13,15,19-20,24,26,36-43,45,47-53H,3-12,14,16-18,21-23,25,27-35H2,1-2H3,(H,46,54)/b15-13+,20-19+,26-24+. The van der Waals surface area contributed by atoms with Crippen LogP contribution in [0.15, 0.2) is 36.5 Å². The Labute approximate surface area is 339 Å². The molecule has 0 aromatic carbocycles. The van der Waals surface area contributed by atoms with Crippen molar-refractivity contribution in [3.05, 3.63) is 36.5 Å². The molecule has 0 aliphatic carbocycles. The number of unbranched alkanes of at least 4 members (excludes halogenated alkanes) is 18. The van der Waals surface area contributed by atoms with Crippen molar-refractivity contribution in [2.75, 3.05) is 13.2 Å². The first-order valence-corrected chi connectivity index (χ1v) is 22.4. The van der Waals surface area contributed by atoms with Crippen molar-refractivity contribution in [1.29, 1.82) is 0 Å². The van der Waals surface area contributed by atoms with Gasteiger partial charge < -0.3 is 50.5 Å². The lowest BCUT2D eigenvalue weighted by Crippen LogP contribution is -2.60. The van der Waals surface area contributed by atoms with Crippen LogP contribution >= 0.6 is 0 Å². The maximum atomic E-state index is 13.0. The molecule has 11 nitrogen and oxygen atoms in total. The molecule has 0 bridgehead atoms. The van der Waals surface area contributed by atoms with Gasteiger partial charge in [-0.2, -0.15) is 0 Å². The average Bonchev–Trinajstić information content (AvgIpc) is 3.20. The zero-order valence-corrected chi connectivity index (χ0v) is 35.1. The lowest BCUT2D eigenvalue weighted by molar-refractivity contribution is -0.303. The average molecular weight is 798 g/mol. The lowest BCUT2D eigenvalue weighted by Gasteiger charge is -2.40. The molecular weight excluding hydrogens is 714 g/mol. The number of allylic oxidation sites excluding steroid dienone is 6. The Morgan fingerprint density at radius 1 is 0.607 bits per heavy atom. The molecule has 1 rings (SSSR count). The summed E-state index contributed by atoms with van der Waals surface area (Å²) in [5.74, 6) is -0.715. The minimum Gasteiger partial charge on any atom is -0.394 e. The number of amides is 1. The number of aliphatic hydroxyl groups is 7. The molecule has 9 unspecified atom stereocenters. The molecule has 328 valence electrons. The molecule has 56 heavy (non-hydrogen) atoms. The molecule has 9 atom stereocenters. The molecule has 8 N–H and O–H groups in total. The second kappa shape index (κ2) is 35.3. The zero-order chi connectivity index (χ0) is 41.2. The second-order valence-electron chi connectivity index (χ2n) is 15.7. The van der Waals surface area contributed by atoms with Gasteiger partial charge in [-0.05, 0) is 64.2 Å². The highest BCUT2D eigenvalue weighted by molar-refractivity contribution is 5.80. The van der Waals surface area contributed by atoms with E-state index in [4.69, 9.17) is 9.47 Å². The third-order valence-corrected chi connectivity index (χ3v) is 10.7. The summed E-state index contributed by atoms with van der Waals surface area (Å²) in [5.41, 5.74) is 0. The Morgan fingerprint density at radius 3 is 1.59 bits per heavy atom. The highest BCUT2D eigenvalue weighted by atomic mass is 16.7. The van der Waals surface area contributed by atoms with Crippen molar-refractivity contribution >= 4 is 5.91 Å². The molecule has 1 saturated heterocycles. The molecule has 1 aliphatic heterocycles. The highest BCUT2D eigenvalue weighted by Crippen LogP contribution is 2.23. The Balaban J connectivity index is 2.53. The van der Waals surface area contributed by atoms with Gasteiger partial charge in [-0.25, -0.2) is 0 Å². The number of nitrogens with one attached hydrogen (secondary N) is 1. The Kier molecular flexibility index (Phi) is 33.0. The SMILES string of the molecule is CCCCCC/C=C/CC/C=C/CC/C=C/CCCC(O)C(O)C(COC1OC(CO)C(O)C(O)C1O)NC(=O)C(O)CCCCCCCCCCCCCC. The van der Waals surface area contributed by atoms with Crippen LogP contribution in [0.4, 0.5) is 0 Å². The van der Waals surface area contributed by atoms with Gasteiger partial charge in [0.2, 0.25) is 5.91 Å². The van der Waals surface area contributed by atoms with Gasteiger partial charge in [-0.1, -0.05) is 147 Å². The van der Waals surface area contributed by atoms with Crippen LogP contribution in [0.2, 0.25) is 0 Å². The van der Waals surface area contributed by atoms with Crippen LogP contribution in [-0.4, -0.2) is 110 Å². The van der Waals surface area contributed by atoms with Crippen molar-refractivity contribution in [2.45, 2.75) is 229 Å². The van der Waals surface area contributed by atoms with E-state index in [9.17, 15) is 40.5 Å². The van der Waals surface area contributed by atoms with Crippen LogP contribution in [-0.2, 0) is 14.3 Å². The van der Waals surface area contributed by atoms with Crippen LogP contribution in [0.25, 0.3) is 0 Å². The van der Waals surface area contributed by atoms with Gasteiger partial charge in [0, 0.05) is 0 Å². The Hall–Kier alpha value is -1.67. The summed E-state index contributed by atoms with van der Waals surface area (Å²) < 4.78 is 11.0. The molecule has 11 heteroatoms. The third-order valence-electron chi connectivity index (χ3n) is 10.7. The maximum absolute atomic E-state index is 13.0. The zero-order valence-electron chi connectivity index (χ0n) is 35.1. The minimum atomic E-state index is -1.67. The van der Waals surface area contributed by atoms with Crippen LogP contribution < -0.4 is 5.32 Å². The van der Waals surface area contributed by atoms with Crippen molar-refractivity contribution in [3.63, 3.8) is 0 Å². The van der Waals surface area contributed by atoms with Crippen LogP contribution in [0.5, 0.6) is 0 Å². The van der Waals surface area contributed by atoms with E-state index < -0.39 is 74.2 Å². The topological polar surface area (TPSA) is 189 Å². The van der Waals surface area contributed by atoms with Crippen LogP contribution in [0.1, 0.15) is 174 Å². The van der Waals surface area contributed by atoms with E-state index in [-0.39, 0.29) is 12.8 Å². The maximum Gasteiger partial charge on any atom is 0.249 e. The molecule has 0 spiro atoms. The van der Waals surface area contributed by atoms with Gasteiger partial charge in [0.05, 0.1) is 25.4 Å². The van der Waals surface area contributed by atoms with Gasteiger partial charge in [0.1, 0.15) is 36.6 Å². The van der Waals surface area contributed by atoms with Gasteiger partial charge >= 0.3 is 0 Å². The molecule has 0 saturated carbocycles. The molecular formula is C45H83NO10. The first-order valence-electron chi connectivity index (χ1n) is 22.4. The quantitative estimate of drug-likeness (QED) is 0.0247. The largest absolute Gasteiger partial charge is 0.394 e. The Morgan fingerprint density at radius 2 is 1.07 bits per heavy atom. The van der Waals surface area contributed by atoms with Crippen molar-refractivity contribution in [2.24, 2.45) is 0 Å². The van der Waals surface area contributed by atoms with E-state index in [1.807, 2.05) is 0 Å². The summed E-state index contributed by atoms with van der Waals surface area (Å²) in [7, 11) is 0. The summed E-state index contributed by atoms with van der Waals surface area (Å²) in [5, 5.41) is 75.5. The highest BCUT2D eigenvalue weighted by Gasteiger charge is 2.44. The van der Waals surface area contributed by atoms with E-state index in [0.717, 1.165) is 44.9 Å². The summed E-state index contributed by atoms with van der Waals surface area (Å²) >= 11 is 0. The van der Waals surface area contributed by atoms with E-state index in [1.165, 1.54) is 83.5 Å². The smallest absolute Gasteiger partial charge is 0.249 e. The monoisotopic (exact) mass is 798 g/mol. The first kappa shape index (κ1) is 52.3. The first-order chi connectivity index (χ1) is 27.2. The van der Waals surface area contributed by atoms with Crippen LogP contribution in [0, 0.1) is 0 Å². The van der Waals surface area contributed by atoms with Gasteiger partial charge in [0.15, 0.2) is 6.29 Å². The molecule has 1 amide bonds. The van der Waals surface area contributed by atoms with Crippen LogP contribution in [0.3, 0.4) is 0 Å². The molecule has 0 aromatic rings. The van der Waals surface area contributed by atoms with E-state index in [0.29, 0.717) is 19.3 Å². The van der Waals surface area contributed by atoms with Crippen molar-refractivity contribution in [1.82, 2.24) is 5.32 Å². The molecule has 0 radical (unpaired) electrons. The fourth-order valence-corrected chi connectivity index (χ4v) is 6.88. The lowest BCUT2D eigenvalue weighted by atomic mass is 9.98. The molecule has 1 fully saturated rings. The number of hydrogen-bond donors (Lipinski definition) is 8.